The molecule has 2 N–H and O–H groups in total. The van der Waals surface area contributed by atoms with Gasteiger partial charge in [-0.25, -0.2) is 5.43 Å². The minimum absolute atomic E-state index is 0.0866. The Morgan fingerprint density at radius 3 is 2.80 bits per heavy atom. The van der Waals surface area contributed by atoms with Crippen LogP contribution in [0.15, 0.2) is 0 Å². The highest BCUT2D eigenvalue weighted by Gasteiger charge is 1.87. The highest BCUT2D eigenvalue weighted by Crippen LogP contribution is 1.68. The van der Waals surface area contributed by atoms with E-state index in [9.17, 15) is 4.79 Å². The lowest BCUT2D eigenvalue weighted by Gasteiger charge is -2.03. The quantitative estimate of drug-likeness (QED) is 0.412. The van der Waals surface area contributed by atoms with Gasteiger partial charge in [0.1, 0.15) is 0 Å². The molecule has 4 nitrogen and oxygen atoms in total. The lowest BCUT2D eigenvalue weighted by Crippen LogP contribution is -2.37. The smallest absolute Gasteiger partial charge is 0.230 e. The molecular formula is C6H14N2O2. The van der Waals surface area contributed by atoms with E-state index in [0.717, 1.165) is 0 Å². The van der Waals surface area contributed by atoms with Crippen molar-refractivity contribution in [3.05, 3.63) is 0 Å². The summed E-state index contributed by atoms with van der Waals surface area (Å²) in [6.45, 7) is 5.36. The van der Waals surface area contributed by atoms with Gasteiger partial charge < -0.3 is 4.74 Å². The Kier molecular flexibility index (Phi) is 6.11. The third kappa shape index (κ3) is 7.39. The maximum absolute atomic E-state index is 10.3. The minimum Gasteiger partial charge on any atom is -0.380 e. The van der Waals surface area contributed by atoms with E-state index in [-0.39, 0.29) is 5.91 Å². The van der Waals surface area contributed by atoms with Crippen LogP contribution in [0, 0.1) is 0 Å². The molecule has 0 aromatic carbocycles. The van der Waals surface area contributed by atoms with E-state index in [1.807, 2.05) is 6.92 Å². The predicted octanol–water partition coefficient (Wildman–Crippen LogP) is -0.336. The lowest BCUT2D eigenvalue weighted by molar-refractivity contribution is -0.119. The Bertz CT molecular complexity index is 95.7. The van der Waals surface area contributed by atoms with E-state index in [0.29, 0.717) is 19.8 Å². The zero-order valence-corrected chi connectivity index (χ0v) is 6.44. The van der Waals surface area contributed by atoms with Gasteiger partial charge in [-0.15, -0.1) is 0 Å². The van der Waals surface area contributed by atoms with Gasteiger partial charge in [-0.2, -0.15) is 0 Å². The van der Waals surface area contributed by atoms with Gasteiger partial charge in [0.25, 0.3) is 0 Å². The van der Waals surface area contributed by atoms with Gasteiger partial charge in [-0.3, -0.25) is 10.2 Å². The summed E-state index contributed by atoms with van der Waals surface area (Å²) in [5.74, 6) is -0.0866. The summed E-state index contributed by atoms with van der Waals surface area (Å²) in [6.07, 6.45) is 0. The lowest BCUT2D eigenvalue weighted by atomic mass is 10.7. The number of carbonyl (C=O) groups excluding carboxylic acids is 1. The molecule has 0 rings (SSSR count). The standard InChI is InChI=1S/C6H14N2O2/c1-3-10-5-4-7-8-6(2)9/h7H,3-5H2,1-2H3,(H,8,9). The third-order valence-corrected chi connectivity index (χ3v) is 0.840. The van der Waals surface area contributed by atoms with Crippen molar-refractivity contribution in [1.82, 2.24) is 10.9 Å². The Morgan fingerprint density at radius 2 is 2.30 bits per heavy atom. The minimum atomic E-state index is -0.0866. The molecule has 60 valence electrons. The van der Waals surface area contributed by atoms with Gasteiger partial charge in [-0.05, 0) is 6.92 Å². The van der Waals surface area contributed by atoms with E-state index in [4.69, 9.17) is 4.74 Å². The molecule has 0 fully saturated rings. The van der Waals surface area contributed by atoms with Gasteiger partial charge in [0, 0.05) is 20.1 Å². The van der Waals surface area contributed by atoms with E-state index < -0.39 is 0 Å². The van der Waals surface area contributed by atoms with Crippen molar-refractivity contribution in [2.45, 2.75) is 13.8 Å². The highest BCUT2D eigenvalue weighted by atomic mass is 16.5. The number of amides is 1. The number of nitrogens with one attached hydrogen (secondary N) is 2. The second-order valence-corrected chi connectivity index (χ2v) is 1.80. The first-order valence-corrected chi connectivity index (χ1v) is 3.34. The summed E-state index contributed by atoms with van der Waals surface area (Å²) < 4.78 is 5.00. The maximum Gasteiger partial charge on any atom is 0.230 e. The van der Waals surface area contributed by atoms with Crippen LogP contribution in [0.25, 0.3) is 0 Å². The molecule has 0 saturated heterocycles. The second-order valence-electron chi connectivity index (χ2n) is 1.80. The molecule has 0 aliphatic carbocycles. The first-order chi connectivity index (χ1) is 4.77. The molecule has 4 heteroatoms. The largest absolute Gasteiger partial charge is 0.380 e. The van der Waals surface area contributed by atoms with Gasteiger partial charge in [0.2, 0.25) is 5.91 Å². The molecule has 0 aliphatic rings. The molecule has 0 radical (unpaired) electrons. The number of rotatable bonds is 5. The van der Waals surface area contributed by atoms with Gasteiger partial charge in [-0.1, -0.05) is 0 Å². The van der Waals surface area contributed by atoms with E-state index in [2.05, 4.69) is 10.9 Å². The first kappa shape index (κ1) is 9.39. The average Bonchev–Trinajstić information content (AvgIpc) is 1.87. The van der Waals surface area contributed by atoms with E-state index in [1.54, 1.807) is 0 Å². The Labute approximate surface area is 60.9 Å². The topological polar surface area (TPSA) is 50.4 Å². The van der Waals surface area contributed by atoms with Crippen LogP contribution in [-0.4, -0.2) is 25.7 Å². The number of hydrazine groups is 1. The summed E-state index contributed by atoms with van der Waals surface area (Å²) in [5, 5.41) is 0. The summed E-state index contributed by atoms with van der Waals surface area (Å²) in [4.78, 5) is 10.3. The fourth-order valence-corrected chi connectivity index (χ4v) is 0.455. The maximum atomic E-state index is 10.3. The first-order valence-electron chi connectivity index (χ1n) is 3.34. The number of ether oxygens (including phenoxy) is 1. The fourth-order valence-electron chi connectivity index (χ4n) is 0.455. The van der Waals surface area contributed by atoms with Crippen molar-refractivity contribution in [1.29, 1.82) is 0 Å². The molecule has 0 atom stereocenters. The van der Waals surface area contributed by atoms with Crippen LogP contribution in [0.5, 0.6) is 0 Å². The zero-order valence-electron chi connectivity index (χ0n) is 6.44. The molecule has 0 aromatic heterocycles. The molecule has 0 heterocycles. The van der Waals surface area contributed by atoms with Crippen molar-refractivity contribution >= 4 is 5.91 Å². The van der Waals surface area contributed by atoms with Crippen molar-refractivity contribution in [2.24, 2.45) is 0 Å². The summed E-state index contributed by atoms with van der Waals surface area (Å²) in [7, 11) is 0. The van der Waals surface area contributed by atoms with Crippen LogP contribution in [-0.2, 0) is 9.53 Å². The van der Waals surface area contributed by atoms with Gasteiger partial charge in [0.15, 0.2) is 0 Å². The van der Waals surface area contributed by atoms with Crippen LogP contribution in [0.4, 0.5) is 0 Å². The zero-order chi connectivity index (χ0) is 7.82. The molecule has 1 amide bonds. The molecule has 0 saturated carbocycles. The molecule has 0 aromatic rings. The van der Waals surface area contributed by atoms with Crippen LogP contribution in [0.1, 0.15) is 13.8 Å². The van der Waals surface area contributed by atoms with Crippen LogP contribution in [0.2, 0.25) is 0 Å². The van der Waals surface area contributed by atoms with Gasteiger partial charge >= 0.3 is 0 Å². The van der Waals surface area contributed by atoms with Crippen LogP contribution >= 0.6 is 0 Å². The fraction of sp³-hybridized carbons (Fsp3) is 0.833. The van der Waals surface area contributed by atoms with Crippen molar-refractivity contribution in [3.8, 4) is 0 Å². The summed E-state index contributed by atoms with van der Waals surface area (Å²) in [6, 6.07) is 0. The molecule has 0 spiro atoms. The second kappa shape index (κ2) is 6.51. The number of hydrogen-bond acceptors (Lipinski definition) is 3. The summed E-state index contributed by atoms with van der Waals surface area (Å²) >= 11 is 0. The Hall–Kier alpha value is -0.610. The van der Waals surface area contributed by atoms with E-state index in [1.165, 1.54) is 6.92 Å². The number of hydrogen-bond donors (Lipinski definition) is 2. The van der Waals surface area contributed by atoms with E-state index >= 15 is 0 Å². The predicted molar refractivity (Wildman–Crippen MR) is 38.3 cm³/mol. The SMILES string of the molecule is CCOCCNNC(C)=O. The molecule has 0 aliphatic heterocycles. The molecular weight excluding hydrogens is 132 g/mol. The Morgan fingerprint density at radius 1 is 1.60 bits per heavy atom. The van der Waals surface area contributed by atoms with Crippen molar-refractivity contribution < 1.29 is 9.53 Å². The normalized spacial score (nSPS) is 9.40. The van der Waals surface area contributed by atoms with Gasteiger partial charge in [0.05, 0.1) is 6.61 Å². The summed E-state index contributed by atoms with van der Waals surface area (Å²) in [5.41, 5.74) is 5.13. The average molecular weight is 146 g/mol. The monoisotopic (exact) mass is 146 g/mol. The molecule has 0 bridgehead atoms. The third-order valence-electron chi connectivity index (χ3n) is 0.840. The van der Waals surface area contributed by atoms with Crippen LogP contribution < -0.4 is 10.9 Å². The molecule has 0 unspecified atom stereocenters. The van der Waals surface area contributed by atoms with Crippen LogP contribution in [0.3, 0.4) is 0 Å². The number of carbonyl (C=O) groups is 1. The highest BCUT2D eigenvalue weighted by molar-refractivity contribution is 5.72. The Balaban J connectivity index is 2.84. The van der Waals surface area contributed by atoms with Crippen molar-refractivity contribution in [3.63, 3.8) is 0 Å². The van der Waals surface area contributed by atoms with Crippen molar-refractivity contribution in [2.75, 3.05) is 19.8 Å². The molecule has 10 heavy (non-hydrogen) atoms.